The lowest BCUT2D eigenvalue weighted by Crippen LogP contribution is -2.20. The molecular weight excluding hydrogens is 320 g/mol. The van der Waals surface area contributed by atoms with Crippen LogP contribution in [0.15, 0.2) is 0 Å². The summed E-state index contributed by atoms with van der Waals surface area (Å²) in [5.74, 6) is 4.45. The third-order valence-corrected chi connectivity index (χ3v) is 4.78. The Labute approximate surface area is 146 Å². The van der Waals surface area contributed by atoms with Crippen LogP contribution in [0.3, 0.4) is 0 Å². The summed E-state index contributed by atoms with van der Waals surface area (Å²) >= 11 is 0. The number of aryl methyl sites for hydroxylation is 1. The Bertz CT molecular complexity index is 758. The van der Waals surface area contributed by atoms with E-state index in [9.17, 15) is 0 Å². The van der Waals surface area contributed by atoms with Gasteiger partial charge >= 0.3 is 0 Å². The zero-order chi connectivity index (χ0) is 17.4. The molecule has 2 aromatic heterocycles. The molecule has 1 aliphatic carbocycles. The van der Waals surface area contributed by atoms with Crippen LogP contribution in [-0.4, -0.2) is 44.9 Å². The number of aromatic amines is 1. The molecule has 1 aliphatic heterocycles. The smallest absolute Gasteiger partial charge is 0.221 e. The van der Waals surface area contributed by atoms with Crippen LogP contribution in [0, 0.1) is 13.8 Å². The lowest BCUT2D eigenvalue weighted by Gasteiger charge is -2.16. The minimum Gasteiger partial charge on any atom is -0.481 e. The van der Waals surface area contributed by atoms with Gasteiger partial charge in [0.05, 0.1) is 18.8 Å². The third kappa shape index (κ3) is 3.44. The van der Waals surface area contributed by atoms with Gasteiger partial charge in [0.1, 0.15) is 17.7 Å². The van der Waals surface area contributed by atoms with E-state index < -0.39 is 0 Å². The van der Waals surface area contributed by atoms with E-state index in [4.69, 9.17) is 9.47 Å². The molecule has 0 amide bonds. The second-order valence-electron chi connectivity index (χ2n) is 6.81. The number of aromatic nitrogens is 5. The summed E-state index contributed by atoms with van der Waals surface area (Å²) in [6, 6.07) is 0. The number of rotatable bonds is 6. The predicted octanol–water partition coefficient (Wildman–Crippen LogP) is 2.43. The molecule has 3 heterocycles. The summed E-state index contributed by atoms with van der Waals surface area (Å²) < 4.78 is 11.4. The van der Waals surface area contributed by atoms with Crippen molar-refractivity contribution in [2.75, 3.05) is 19.0 Å². The number of hydrogen-bond donors (Lipinski definition) is 2. The number of methoxy groups -OCH3 is 1. The van der Waals surface area contributed by atoms with Crippen molar-refractivity contribution in [1.29, 1.82) is 0 Å². The molecule has 2 aromatic rings. The molecular formula is C17H24N6O2. The van der Waals surface area contributed by atoms with Crippen LogP contribution < -0.4 is 10.1 Å². The number of anilines is 1. The standard InChI is InChI=1S/C17H24N6O2/c1-9-14(19-10(2)20-17(9)24-3)18-8-12-6-7-13(25-12)16-21-15(22-23-16)11-4-5-11/h11-13H,4-8H2,1-3H3,(H,18,19,20)(H,21,22,23)/t12-,13+/m1/s1. The summed E-state index contributed by atoms with van der Waals surface area (Å²) in [6.45, 7) is 4.50. The molecule has 0 unspecified atom stereocenters. The van der Waals surface area contributed by atoms with E-state index in [-0.39, 0.29) is 12.2 Å². The molecule has 0 spiro atoms. The lowest BCUT2D eigenvalue weighted by molar-refractivity contribution is 0.0471. The number of nitrogens with zero attached hydrogens (tertiary/aromatic N) is 4. The molecule has 134 valence electrons. The zero-order valence-electron chi connectivity index (χ0n) is 14.9. The van der Waals surface area contributed by atoms with Crippen molar-refractivity contribution < 1.29 is 9.47 Å². The number of H-pyrrole nitrogens is 1. The fourth-order valence-corrected chi connectivity index (χ4v) is 3.20. The van der Waals surface area contributed by atoms with E-state index in [2.05, 4.69) is 30.5 Å². The van der Waals surface area contributed by atoms with Crippen molar-refractivity contribution in [2.45, 2.75) is 57.7 Å². The Morgan fingerprint density at radius 2 is 2.00 bits per heavy atom. The van der Waals surface area contributed by atoms with Gasteiger partial charge in [0.25, 0.3) is 0 Å². The number of hydrogen-bond acceptors (Lipinski definition) is 7. The first-order valence-electron chi connectivity index (χ1n) is 8.84. The molecule has 1 saturated carbocycles. The molecule has 1 saturated heterocycles. The average Bonchev–Trinajstić information content (AvgIpc) is 3.15. The van der Waals surface area contributed by atoms with Crippen LogP contribution in [0.1, 0.15) is 60.7 Å². The van der Waals surface area contributed by atoms with E-state index in [1.54, 1.807) is 7.11 Å². The highest BCUT2D eigenvalue weighted by Gasteiger charge is 2.32. The molecule has 8 nitrogen and oxygen atoms in total. The summed E-state index contributed by atoms with van der Waals surface area (Å²) in [7, 11) is 1.62. The molecule has 0 radical (unpaired) electrons. The minimum absolute atomic E-state index is 0.00886. The molecule has 0 aromatic carbocycles. The summed E-state index contributed by atoms with van der Waals surface area (Å²) in [6.07, 6.45) is 4.48. The Balaban J connectivity index is 1.36. The Morgan fingerprint density at radius 1 is 1.16 bits per heavy atom. The second-order valence-corrected chi connectivity index (χ2v) is 6.81. The average molecular weight is 344 g/mol. The summed E-state index contributed by atoms with van der Waals surface area (Å²) in [5, 5.41) is 10.7. The van der Waals surface area contributed by atoms with Crippen molar-refractivity contribution in [3.8, 4) is 5.88 Å². The van der Waals surface area contributed by atoms with Gasteiger partial charge in [-0.2, -0.15) is 10.1 Å². The number of nitrogens with one attached hydrogen (secondary N) is 2. The Hall–Kier alpha value is -2.22. The molecule has 25 heavy (non-hydrogen) atoms. The Morgan fingerprint density at radius 3 is 2.76 bits per heavy atom. The minimum atomic E-state index is 0.00886. The maximum Gasteiger partial charge on any atom is 0.221 e. The lowest BCUT2D eigenvalue weighted by atomic mass is 10.2. The highest BCUT2D eigenvalue weighted by Crippen LogP contribution is 2.39. The predicted molar refractivity (Wildman–Crippen MR) is 91.8 cm³/mol. The fraction of sp³-hybridized carbons (Fsp3) is 0.647. The summed E-state index contributed by atoms with van der Waals surface area (Å²) in [5.41, 5.74) is 0.909. The molecule has 2 fully saturated rings. The molecule has 2 atom stereocenters. The van der Waals surface area contributed by atoms with E-state index >= 15 is 0 Å². The monoisotopic (exact) mass is 344 g/mol. The quantitative estimate of drug-likeness (QED) is 0.830. The van der Waals surface area contributed by atoms with E-state index in [1.807, 2.05) is 13.8 Å². The first kappa shape index (κ1) is 16.3. The van der Waals surface area contributed by atoms with Gasteiger partial charge in [-0.1, -0.05) is 0 Å². The van der Waals surface area contributed by atoms with Crippen LogP contribution in [0.5, 0.6) is 5.88 Å². The molecule has 4 rings (SSSR count). The fourth-order valence-electron chi connectivity index (χ4n) is 3.20. The molecule has 8 heteroatoms. The van der Waals surface area contributed by atoms with Crippen molar-refractivity contribution in [2.24, 2.45) is 0 Å². The van der Waals surface area contributed by atoms with E-state index in [0.29, 0.717) is 24.2 Å². The first-order chi connectivity index (χ1) is 12.1. The van der Waals surface area contributed by atoms with Gasteiger partial charge in [-0.3, -0.25) is 5.10 Å². The van der Waals surface area contributed by atoms with Gasteiger partial charge < -0.3 is 14.8 Å². The van der Waals surface area contributed by atoms with Crippen LogP contribution in [0.2, 0.25) is 0 Å². The van der Waals surface area contributed by atoms with E-state index in [0.717, 1.165) is 35.9 Å². The first-order valence-corrected chi connectivity index (χ1v) is 8.84. The zero-order valence-corrected chi connectivity index (χ0v) is 14.9. The van der Waals surface area contributed by atoms with Gasteiger partial charge in [-0.05, 0) is 39.5 Å². The van der Waals surface area contributed by atoms with Gasteiger partial charge in [0.2, 0.25) is 5.88 Å². The molecule has 0 bridgehead atoms. The van der Waals surface area contributed by atoms with Crippen molar-refractivity contribution >= 4 is 5.82 Å². The second kappa shape index (κ2) is 6.59. The highest BCUT2D eigenvalue weighted by molar-refractivity contribution is 5.48. The van der Waals surface area contributed by atoms with Crippen LogP contribution >= 0.6 is 0 Å². The van der Waals surface area contributed by atoms with E-state index in [1.165, 1.54) is 12.8 Å². The van der Waals surface area contributed by atoms with Gasteiger partial charge in [0.15, 0.2) is 11.6 Å². The maximum atomic E-state index is 6.14. The van der Waals surface area contributed by atoms with Gasteiger partial charge in [-0.25, -0.2) is 9.97 Å². The largest absolute Gasteiger partial charge is 0.481 e. The number of ether oxygens (including phenoxy) is 2. The SMILES string of the molecule is COc1nc(C)nc(NC[C@H]2CC[C@@H](c3nc(C4CC4)n[nH]3)O2)c1C. The van der Waals surface area contributed by atoms with Crippen molar-refractivity contribution in [3.63, 3.8) is 0 Å². The van der Waals surface area contributed by atoms with Crippen LogP contribution in [-0.2, 0) is 4.74 Å². The van der Waals surface area contributed by atoms with Crippen molar-refractivity contribution in [1.82, 2.24) is 25.1 Å². The van der Waals surface area contributed by atoms with Crippen LogP contribution in [0.25, 0.3) is 0 Å². The summed E-state index contributed by atoms with van der Waals surface area (Å²) in [4.78, 5) is 13.4. The normalized spacial score (nSPS) is 23.0. The van der Waals surface area contributed by atoms with Gasteiger partial charge in [-0.15, -0.1) is 0 Å². The molecule has 2 aliphatic rings. The topological polar surface area (TPSA) is 97.8 Å². The molecule has 2 N–H and O–H groups in total. The third-order valence-electron chi connectivity index (χ3n) is 4.78. The highest BCUT2D eigenvalue weighted by atomic mass is 16.5. The Kier molecular flexibility index (Phi) is 4.29. The maximum absolute atomic E-state index is 6.14. The van der Waals surface area contributed by atoms with Crippen LogP contribution in [0.4, 0.5) is 5.82 Å². The van der Waals surface area contributed by atoms with Gasteiger partial charge in [0, 0.05) is 12.5 Å². The van der Waals surface area contributed by atoms with Crippen molar-refractivity contribution in [3.05, 3.63) is 23.0 Å².